The number of nitrogen functional groups attached to an aromatic ring is 1. The minimum Gasteiger partial charge on any atom is -0.397 e. The summed E-state index contributed by atoms with van der Waals surface area (Å²) in [5, 5.41) is 8.67. The predicted octanol–water partition coefficient (Wildman–Crippen LogP) is 5.56. The van der Waals surface area contributed by atoms with Crippen LogP contribution in [0.1, 0.15) is 62.7 Å². The van der Waals surface area contributed by atoms with Crippen molar-refractivity contribution in [1.82, 2.24) is 10.6 Å². The van der Waals surface area contributed by atoms with Crippen LogP contribution in [0.4, 0.5) is 21.5 Å². The Kier molecular flexibility index (Phi) is 11.4. The molecule has 4 rings (SSSR count). The molecule has 0 aromatic heterocycles. The zero-order chi connectivity index (χ0) is 31.5. The molecule has 3 amide bonds. The van der Waals surface area contributed by atoms with Crippen LogP contribution in [-0.4, -0.2) is 43.4 Å². The molecule has 1 saturated carbocycles. The molecular formula is C35H40FN5O3. The number of carbonyl (C=O) groups is 3. The number of benzene rings is 2. The number of hydrogen-bond acceptors (Lipinski definition) is 5. The molecule has 0 heterocycles. The Bertz CT molecular complexity index is 1540. The number of nitrogens with one attached hydrogen (secondary N) is 3. The predicted molar refractivity (Wildman–Crippen MR) is 173 cm³/mol. The minimum atomic E-state index is -0.453. The largest absolute Gasteiger partial charge is 0.397 e. The lowest BCUT2D eigenvalue weighted by Gasteiger charge is -2.21. The molecule has 0 radical (unpaired) electrons. The minimum absolute atomic E-state index is 0.110. The quantitative estimate of drug-likeness (QED) is 0.0984. The zero-order valence-corrected chi connectivity index (χ0v) is 25.3. The Hall–Kier alpha value is -4.84. The molecule has 2 aliphatic rings. The van der Waals surface area contributed by atoms with Crippen molar-refractivity contribution in [1.29, 1.82) is 0 Å². The number of unbranched alkanes of at least 4 members (excludes halogenated alkanes) is 2. The Morgan fingerprint density at radius 3 is 2.55 bits per heavy atom. The Morgan fingerprint density at radius 1 is 1.05 bits per heavy atom. The third kappa shape index (κ3) is 8.83. The second-order valence-corrected chi connectivity index (χ2v) is 10.8. The summed E-state index contributed by atoms with van der Waals surface area (Å²) in [5.41, 5.74) is 17.1. The first kappa shape index (κ1) is 32.1. The summed E-state index contributed by atoms with van der Waals surface area (Å²) in [4.78, 5) is 39.5. The van der Waals surface area contributed by atoms with Gasteiger partial charge < -0.3 is 26.6 Å². The monoisotopic (exact) mass is 597 g/mol. The van der Waals surface area contributed by atoms with Crippen LogP contribution in [0.25, 0.3) is 0 Å². The Labute approximate surface area is 258 Å². The number of allylic oxidation sites excluding steroid dienone is 3. The molecule has 0 aliphatic heterocycles. The van der Waals surface area contributed by atoms with Gasteiger partial charge in [0, 0.05) is 54.5 Å². The van der Waals surface area contributed by atoms with E-state index in [0.29, 0.717) is 30.6 Å². The molecule has 2 aromatic carbocycles. The van der Waals surface area contributed by atoms with Crippen molar-refractivity contribution in [2.75, 3.05) is 35.6 Å². The third-order valence-electron chi connectivity index (χ3n) is 7.71. The second kappa shape index (κ2) is 15.6. The highest BCUT2D eigenvalue weighted by Crippen LogP contribution is 2.33. The average Bonchev–Trinajstić information content (AvgIpc) is 3.41. The summed E-state index contributed by atoms with van der Waals surface area (Å²) in [7, 11) is 0. The number of hydrogen-bond donors (Lipinski definition) is 4. The standard InChI is InChI=1S/C35H40FN5O3/c1-3-41(4-2)28-15-11-25(12-16-28)35(44)40-31-18-13-26-22-24(9-17-29(26)31)10-20-33(42)38-21-7-5-6-8-34(43)39-32-19-14-27(36)23-30(32)37/h10-12,14-16,19-20,22-23,31H,3-8,13,18,21,37H2,1-2H3,(H,38,42)(H,39,43)(H,40,44)/b20-10+. The number of fused-ring (bicyclic) bond motifs is 1. The van der Waals surface area contributed by atoms with Crippen molar-refractivity contribution in [2.24, 2.45) is 0 Å². The average molecular weight is 598 g/mol. The van der Waals surface area contributed by atoms with Crippen LogP contribution in [0.5, 0.6) is 0 Å². The molecule has 0 saturated heterocycles. The van der Waals surface area contributed by atoms with Crippen molar-refractivity contribution in [3.8, 4) is 0 Å². The highest BCUT2D eigenvalue weighted by atomic mass is 19.1. The smallest absolute Gasteiger partial charge is 0.251 e. The lowest BCUT2D eigenvalue weighted by atomic mass is 10.0. The topological polar surface area (TPSA) is 117 Å². The summed E-state index contributed by atoms with van der Waals surface area (Å²) in [6.07, 6.45) is 9.25. The fourth-order valence-electron chi connectivity index (χ4n) is 5.25. The molecular weight excluding hydrogens is 557 g/mol. The second-order valence-electron chi connectivity index (χ2n) is 10.8. The Balaban J connectivity index is 1.18. The lowest BCUT2D eigenvalue weighted by Crippen LogP contribution is -2.34. The number of halogens is 1. The van der Waals surface area contributed by atoms with E-state index in [-0.39, 0.29) is 29.5 Å². The third-order valence-corrected chi connectivity index (χ3v) is 7.71. The molecule has 9 heteroatoms. The molecule has 1 unspecified atom stereocenters. The fraction of sp³-hybridized carbons (Fsp3) is 0.343. The molecule has 0 spiro atoms. The number of anilines is 3. The van der Waals surface area contributed by atoms with Crippen molar-refractivity contribution >= 4 is 34.8 Å². The van der Waals surface area contributed by atoms with Crippen molar-refractivity contribution < 1.29 is 18.8 Å². The van der Waals surface area contributed by atoms with Gasteiger partial charge in [0.1, 0.15) is 5.82 Å². The number of amides is 3. The summed E-state index contributed by atoms with van der Waals surface area (Å²) in [6, 6.07) is 11.4. The molecule has 5 N–H and O–H groups in total. The highest BCUT2D eigenvalue weighted by Gasteiger charge is 2.28. The first-order valence-corrected chi connectivity index (χ1v) is 15.2. The molecule has 44 heavy (non-hydrogen) atoms. The van der Waals surface area contributed by atoms with Gasteiger partial charge in [0.15, 0.2) is 0 Å². The summed E-state index contributed by atoms with van der Waals surface area (Å²) >= 11 is 0. The van der Waals surface area contributed by atoms with Crippen LogP contribution in [-0.2, 0) is 9.59 Å². The maximum atomic E-state index is 13.1. The maximum Gasteiger partial charge on any atom is 0.251 e. The number of rotatable bonds is 14. The summed E-state index contributed by atoms with van der Waals surface area (Å²) in [5.74, 6) is -0.959. The van der Waals surface area contributed by atoms with Crippen LogP contribution >= 0.6 is 0 Å². The van der Waals surface area contributed by atoms with Gasteiger partial charge in [-0.2, -0.15) is 0 Å². The SMILES string of the molecule is CCN(CC)c1ccc(C(=O)NC2CCC3=CC(/C=C/C(=O)NCCCCCC(=O)Nc4ccc(F)cc4N)=C=C=C32)cc1. The number of nitrogens with zero attached hydrogens (tertiary/aromatic N) is 1. The molecule has 1 atom stereocenters. The van der Waals surface area contributed by atoms with Gasteiger partial charge in [0.2, 0.25) is 11.8 Å². The molecule has 2 aromatic rings. The van der Waals surface area contributed by atoms with Gasteiger partial charge in [0.05, 0.1) is 17.4 Å². The number of nitrogens with two attached hydrogens (primary N) is 1. The molecule has 230 valence electrons. The Morgan fingerprint density at radius 2 is 1.82 bits per heavy atom. The van der Waals surface area contributed by atoms with E-state index in [2.05, 4.69) is 46.2 Å². The van der Waals surface area contributed by atoms with E-state index in [4.69, 9.17) is 5.73 Å². The van der Waals surface area contributed by atoms with E-state index < -0.39 is 5.82 Å². The van der Waals surface area contributed by atoms with E-state index in [1.165, 1.54) is 24.3 Å². The van der Waals surface area contributed by atoms with Gasteiger partial charge in [0.25, 0.3) is 5.91 Å². The van der Waals surface area contributed by atoms with Gasteiger partial charge in [-0.25, -0.2) is 4.39 Å². The van der Waals surface area contributed by atoms with E-state index in [9.17, 15) is 18.8 Å². The fourth-order valence-corrected chi connectivity index (χ4v) is 5.25. The van der Waals surface area contributed by atoms with Gasteiger partial charge in [-0.1, -0.05) is 17.9 Å². The molecule has 0 bridgehead atoms. The first-order valence-electron chi connectivity index (χ1n) is 15.2. The van der Waals surface area contributed by atoms with Crippen molar-refractivity contribution in [3.63, 3.8) is 0 Å². The highest BCUT2D eigenvalue weighted by molar-refractivity contribution is 5.95. The molecule has 2 aliphatic carbocycles. The van der Waals surface area contributed by atoms with Crippen LogP contribution in [0.2, 0.25) is 0 Å². The van der Waals surface area contributed by atoms with Gasteiger partial charge in [-0.05, 0) is 99.7 Å². The van der Waals surface area contributed by atoms with E-state index in [0.717, 1.165) is 61.2 Å². The maximum absolute atomic E-state index is 13.1. The lowest BCUT2D eigenvalue weighted by molar-refractivity contribution is -0.117. The van der Waals surface area contributed by atoms with Gasteiger partial charge in [-0.3, -0.25) is 14.4 Å². The summed E-state index contributed by atoms with van der Waals surface area (Å²) in [6.45, 7) is 6.54. The zero-order valence-electron chi connectivity index (χ0n) is 25.3. The van der Waals surface area contributed by atoms with E-state index >= 15 is 0 Å². The summed E-state index contributed by atoms with van der Waals surface area (Å²) < 4.78 is 13.1. The number of carbonyl (C=O) groups excluding carboxylic acids is 3. The van der Waals surface area contributed by atoms with Crippen LogP contribution in [0.3, 0.4) is 0 Å². The van der Waals surface area contributed by atoms with Crippen molar-refractivity contribution in [2.45, 2.75) is 58.4 Å². The normalized spacial score (nSPS) is 15.2. The van der Waals surface area contributed by atoms with Crippen LogP contribution < -0.4 is 26.6 Å². The van der Waals surface area contributed by atoms with E-state index in [1.807, 2.05) is 30.3 Å². The van der Waals surface area contributed by atoms with Gasteiger partial charge in [-0.15, -0.1) is 0 Å². The van der Waals surface area contributed by atoms with Crippen LogP contribution in [0.15, 0.2) is 88.9 Å². The van der Waals surface area contributed by atoms with Gasteiger partial charge >= 0.3 is 0 Å². The van der Waals surface area contributed by atoms with Crippen molar-refractivity contribution in [3.05, 3.63) is 100 Å². The first-order chi connectivity index (χ1) is 21.3. The van der Waals surface area contributed by atoms with Crippen LogP contribution in [0, 0.1) is 5.82 Å². The van der Waals surface area contributed by atoms with E-state index in [1.54, 1.807) is 6.08 Å². The molecule has 1 fully saturated rings. The molecule has 8 nitrogen and oxygen atoms in total.